The third-order valence-corrected chi connectivity index (χ3v) is 13.6. The van der Waals surface area contributed by atoms with Crippen LogP contribution in [0, 0.1) is 6.92 Å². The summed E-state index contributed by atoms with van der Waals surface area (Å²) >= 11 is 0. The summed E-state index contributed by atoms with van der Waals surface area (Å²) in [7, 11) is 3.30. The molecule has 0 spiro atoms. The molecule has 0 saturated heterocycles. The van der Waals surface area contributed by atoms with Gasteiger partial charge in [-0.3, -0.25) is 14.2 Å². The van der Waals surface area contributed by atoms with Gasteiger partial charge in [0.1, 0.15) is 34.5 Å². The third kappa shape index (κ3) is 8.26. The van der Waals surface area contributed by atoms with Crippen LogP contribution in [-0.2, 0) is 44.4 Å². The van der Waals surface area contributed by atoms with Crippen LogP contribution in [0.5, 0.6) is 0 Å². The number of nitrogens with zero attached hydrogens (tertiary/aromatic N) is 13. The zero-order chi connectivity index (χ0) is 50.2. The highest BCUT2D eigenvalue weighted by Gasteiger charge is 2.62. The molecule has 10 rings (SSSR count). The van der Waals surface area contributed by atoms with E-state index in [1.807, 2.05) is 29.8 Å². The quantitative estimate of drug-likeness (QED) is 0.0608. The highest BCUT2D eigenvalue weighted by atomic mass is 19.4. The van der Waals surface area contributed by atoms with Crippen LogP contribution in [-0.4, -0.2) is 89.8 Å². The summed E-state index contributed by atoms with van der Waals surface area (Å²) in [6, 6.07) is 8.30. The van der Waals surface area contributed by atoms with E-state index in [1.165, 1.54) is 31.6 Å². The van der Waals surface area contributed by atoms with E-state index in [0.29, 0.717) is 63.7 Å². The zero-order valence-electron chi connectivity index (χ0n) is 38.2. The van der Waals surface area contributed by atoms with Gasteiger partial charge in [0, 0.05) is 68.7 Å². The van der Waals surface area contributed by atoms with E-state index in [2.05, 4.69) is 51.1 Å². The monoisotopic (exact) mass is 992 g/mol. The Balaban J connectivity index is 1.05. The molecule has 2 aliphatic heterocycles. The van der Waals surface area contributed by atoms with E-state index in [9.17, 15) is 30.7 Å². The Labute approximate surface area is 398 Å². The summed E-state index contributed by atoms with van der Waals surface area (Å²) in [5, 5.41) is 26.2. The number of fused-ring (bicyclic) bond motifs is 6. The summed E-state index contributed by atoms with van der Waals surface area (Å²) in [6.07, 6.45) is 3.46. The number of hydrogen-bond donors (Lipinski definition) is 3. The number of anilines is 3. The molecule has 3 aliphatic rings. The zero-order valence-corrected chi connectivity index (χ0v) is 38.2. The first-order valence-electron chi connectivity index (χ1n) is 22.5. The second-order valence-electron chi connectivity index (χ2n) is 18.1. The first-order valence-corrected chi connectivity index (χ1v) is 22.5. The van der Waals surface area contributed by atoms with Gasteiger partial charge in [-0.2, -0.15) is 27.1 Å². The summed E-state index contributed by atoms with van der Waals surface area (Å²) in [6.45, 7) is -0.292. The second-order valence-corrected chi connectivity index (χ2v) is 18.1. The van der Waals surface area contributed by atoms with Crippen molar-refractivity contribution in [2.24, 2.45) is 17.8 Å². The van der Waals surface area contributed by atoms with Gasteiger partial charge < -0.3 is 30.1 Å². The average Bonchev–Trinajstić information content (AvgIpc) is 4.14. The molecule has 25 heteroatoms. The minimum Gasteiger partial charge on any atom is -0.404 e. The van der Waals surface area contributed by atoms with Crippen LogP contribution >= 0.6 is 0 Å². The van der Waals surface area contributed by atoms with Gasteiger partial charge in [-0.05, 0) is 97.8 Å². The van der Waals surface area contributed by atoms with Gasteiger partial charge >= 0.3 is 18.5 Å². The first-order chi connectivity index (χ1) is 33.8. The molecule has 9 heterocycles. The normalized spacial score (nSPS) is 17.6. The van der Waals surface area contributed by atoms with E-state index < -0.39 is 54.6 Å². The number of rotatable bonds is 12. The smallest absolute Gasteiger partial charge is 0.401 e. The summed E-state index contributed by atoms with van der Waals surface area (Å²) < 4.78 is 139. The number of amidine groups is 1. The summed E-state index contributed by atoms with van der Waals surface area (Å²) in [5.74, 6) is -8.62. The number of aryl methyl sites for hydroxylation is 3. The molecule has 1 aliphatic carbocycles. The van der Waals surface area contributed by atoms with Gasteiger partial charge in [-0.1, -0.05) is 6.42 Å². The van der Waals surface area contributed by atoms with Gasteiger partial charge in [-0.15, -0.1) is 20.4 Å². The molecule has 1 unspecified atom stereocenters. The van der Waals surface area contributed by atoms with Crippen molar-refractivity contribution in [2.45, 2.75) is 101 Å². The van der Waals surface area contributed by atoms with Crippen molar-refractivity contribution in [2.75, 3.05) is 17.7 Å². The summed E-state index contributed by atoms with van der Waals surface area (Å²) in [5.41, 5.74) is 7.77. The number of pyridine rings is 2. The number of alkyl halides is 9. The number of aromatic nitrogens is 12. The van der Waals surface area contributed by atoms with Gasteiger partial charge in [0.15, 0.2) is 11.6 Å². The molecule has 372 valence electrons. The second kappa shape index (κ2) is 17.4. The molecule has 16 nitrogen and oxygen atoms in total. The molecule has 7 aromatic heterocycles. The Morgan fingerprint density at radius 3 is 2.32 bits per heavy atom. The SMILES string of the molecule is CN=C(C=CN)Nc1cc(-c2cc3n(c2)CC(F)(F)Cn2c-3nnc2C(F)(F)C(F)F)c(CCC2CCn3c(nnc3C3(C(F)(F)F)CCC3)-c3cc(-c4cc(Nc5ccnn5C)ncc4C)cn32)cn1. The van der Waals surface area contributed by atoms with Crippen molar-refractivity contribution in [3.63, 3.8) is 0 Å². The molecule has 1 saturated carbocycles. The maximum Gasteiger partial charge on any atom is 0.401 e. The fourth-order valence-corrected chi connectivity index (χ4v) is 9.79. The predicted molar refractivity (Wildman–Crippen MR) is 243 cm³/mol. The van der Waals surface area contributed by atoms with Gasteiger partial charge in [0.2, 0.25) is 5.82 Å². The molecule has 1 atom stereocenters. The van der Waals surface area contributed by atoms with Crippen molar-refractivity contribution in [3.05, 3.63) is 96.4 Å². The Morgan fingerprint density at radius 2 is 1.63 bits per heavy atom. The van der Waals surface area contributed by atoms with Crippen LogP contribution in [0.25, 0.3) is 45.3 Å². The van der Waals surface area contributed by atoms with Crippen molar-refractivity contribution in [1.82, 2.24) is 58.4 Å². The first kappa shape index (κ1) is 47.2. The van der Waals surface area contributed by atoms with Crippen LogP contribution < -0.4 is 16.4 Å². The maximum absolute atomic E-state index is 15.6. The van der Waals surface area contributed by atoms with Crippen LogP contribution in [0.2, 0.25) is 0 Å². The van der Waals surface area contributed by atoms with Crippen LogP contribution in [0.4, 0.5) is 57.0 Å². The molecular weight excluding hydrogens is 948 g/mol. The fourth-order valence-electron chi connectivity index (χ4n) is 9.79. The number of nitrogens with two attached hydrogens (primary N) is 1. The Hall–Kier alpha value is -7.47. The van der Waals surface area contributed by atoms with E-state index in [1.54, 1.807) is 47.0 Å². The lowest BCUT2D eigenvalue weighted by Gasteiger charge is -2.42. The Morgan fingerprint density at radius 1 is 0.915 bits per heavy atom. The fraction of sp³-hybridized carbons (Fsp3) is 0.391. The number of halogens is 9. The maximum atomic E-state index is 15.6. The molecule has 0 amide bonds. The Kier molecular flexibility index (Phi) is 11.6. The van der Waals surface area contributed by atoms with Crippen LogP contribution in [0.15, 0.2) is 78.6 Å². The molecular formula is C46H45F9N16. The molecule has 7 aromatic rings. The minimum absolute atomic E-state index is 0.0690. The molecule has 0 radical (unpaired) electrons. The standard InChI is InChI=1S/C46H45F9N16/c1-25-19-58-36(62-37-8-13-60-67(37)3)17-30(25)28-16-33-39-64-65-41(43(10-4-11-43)46(53,54)55)69(39)14-9-29(70(33)22-28)6-5-26-20-59-35(61-34(57-2)7-12-56)18-31(26)27-15-32-38-63-66-42(45(51,52)40(47)48)71(38)24-44(49,50)23-68(32)21-27/h7-8,12-13,15-22,29,40H,4-6,9-11,14,23-24,56H2,1-3H3,(H,58,62)(H,57,59,61). The number of hydrogen-bond acceptors (Lipinski definition) is 10. The van der Waals surface area contributed by atoms with Crippen molar-refractivity contribution >= 4 is 23.3 Å². The lowest BCUT2D eigenvalue weighted by Crippen LogP contribution is -2.49. The van der Waals surface area contributed by atoms with Crippen LogP contribution in [0.3, 0.4) is 0 Å². The van der Waals surface area contributed by atoms with Gasteiger partial charge in [0.25, 0.3) is 5.92 Å². The number of aliphatic imine (C=N–C) groups is 1. The lowest BCUT2D eigenvalue weighted by molar-refractivity contribution is -0.216. The van der Waals surface area contributed by atoms with E-state index in [4.69, 9.17) is 5.73 Å². The average molecular weight is 993 g/mol. The third-order valence-electron chi connectivity index (χ3n) is 13.6. The summed E-state index contributed by atoms with van der Waals surface area (Å²) in [4.78, 5) is 13.4. The van der Waals surface area contributed by atoms with Gasteiger partial charge in [-0.25, -0.2) is 27.5 Å². The molecule has 0 bridgehead atoms. The largest absolute Gasteiger partial charge is 0.404 e. The van der Waals surface area contributed by atoms with Gasteiger partial charge in [0.05, 0.1) is 30.7 Å². The molecule has 1 fully saturated rings. The Bertz CT molecular complexity index is 3200. The van der Waals surface area contributed by atoms with Crippen molar-refractivity contribution < 1.29 is 39.5 Å². The van der Waals surface area contributed by atoms with E-state index >= 15 is 8.78 Å². The van der Waals surface area contributed by atoms with Crippen molar-refractivity contribution in [3.8, 4) is 45.3 Å². The number of nitrogens with one attached hydrogen (secondary N) is 2. The molecule has 71 heavy (non-hydrogen) atoms. The lowest BCUT2D eigenvalue weighted by atomic mass is 9.67. The van der Waals surface area contributed by atoms with E-state index in [0.717, 1.165) is 21.3 Å². The minimum atomic E-state index is -4.87. The highest BCUT2D eigenvalue weighted by molar-refractivity contribution is 6.03. The molecule has 0 aromatic carbocycles. The van der Waals surface area contributed by atoms with Crippen LogP contribution in [0.1, 0.15) is 60.9 Å². The van der Waals surface area contributed by atoms with E-state index in [-0.39, 0.29) is 55.0 Å². The van der Waals surface area contributed by atoms with Crippen molar-refractivity contribution in [1.29, 1.82) is 0 Å². The highest BCUT2D eigenvalue weighted by Crippen LogP contribution is 2.55. The predicted octanol–water partition coefficient (Wildman–Crippen LogP) is 9.20. The topological polar surface area (TPSA) is 177 Å². The molecule has 4 N–H and O–H groups in total.